The number of carbonyl (C=O) groups is 1. The van der Waals surface area contributed by atoms with Crippen LogP contribution in [0.25, 0.3) is 0 Å². The summed E-state index contributed by atoms with van der Waals surface area (Å²) in [7, 11) is -1.74. The summed E-state index contributed by atoms with van der Waals surface area (Å²) in [5, 5.41) is 0. The normalized spacial score (nSPS) is 16.1. The Morgan fingerprint density at radius 1 is 0.964 bits per heavy atom. The maximum Gasteiger partial charge on any atom is 0.243 e. The summed E-state index contributed by atoms with van der Waals surface area (Å²) in [6, 6.07) is 13.2. The number of amides is 1. The molecule has 3 rings (SSSR count). The van der Waals surface area contributed by atoms with Gasteiger partial charge in [0.15, 0.2) is 0 Å². The summed E-state index contributed by atoms with van der Waals surface area (Å²) in [5.74, 6) is -0.107. The zero-order valence-corrected chi connectivity index (χ0v) is 17.8. The van der Waals surface area contributed by atoms with Crippen LogP contribution < -0.4 is 4.90 Å². The van der Waals surface area contributed by atoms with Gasteiger partial charge in [0.2, 0.25) is 15.9 Å². The molecule has 2 aromatic carbocycles. The molecule has 0 aromatic heterocycles. The smallest absolute Gasteiger partial charge is 0.243 e. The van der Waals surface area contributed by atoms with Gasteiger partial charge in [-0.25, -0.2) is 8.42 Å². The fraction of sp³-hybridized carbons (Fsp3) is 0.409. The highest BCUT2D eigenvalue weighted by molar-refractivity contribution is 7.89. The lowest BCUT2D eigenvalue weighted by Crippen LogP contribution is -2.43. The van der Waals surface area contributed by atoms with Crippen molar-refractivity contribution in [2.24, 2.45) is 5.92 Å². The third-order valence-corrected chi connectivity index (χ3v) is 7.56. The molecule has 1 saturated heterocycles. The van der Waals surface area contributed by atoms with Gasteiger partial charge in [0.05, 0.1) is 4.90 Å². The monoisotopic (exact) mass is 400 g/mol. The highest BCUT2D eigenvalue weighted by atomic mass is 32.2. The minimum absolute atomic E-state index is 0.0485. The summed E-state index contributed by atoms with van der Waals surface area (Å²) in [6.07, 6.45) is 1.08. The number of piperidine rings is 1. The van der Waals surface area contributed by atoms with Gasteiger partial charge in [0.25, 0.3) is 0 Å². The molecule has 6 heteroatoms. The Kier molecular flexibility index (Phi) is 5.91. The summed E-state index contributed by atoms with van der Waals surface area (Å²) < 4.78 is 27.5. The van der Waals surface area contributed by atoms with Gasteiger partial charge in [-0.1, -0.05) is 35.4 Å². The van der Waals surface area contributed by atoms with Gasteiger partial charge in [-0.05, 0) is 57.4 Å². The van der Waals surface area contributed by atoms with Gasteiger partial charge >= 0.3 is 0 Å². The molecular weight excluding hydrogens is 372 g/mol. The molecule has 1 aliphatic heterocycles. The summed E-state index contributed by atoms with van der Waals surface area (Å²) >= 11 is 0. The molecule has 0 unspecified atom stereocenters. The van der Waals surface area contributed by atoms with Gasteiger partial charge < -0.3 is 4.90 Å². The second-order valence-corrected chi connectivity index (χ2v) is 9.59. The molecule has 0 aliphatic carbocycles. The van der Waals surface area contributed by atoms with E-state index in [1.165, 1.54) is 4.31 Å². The van der Waals surface area contributed by atoms with Gasteiger partial charge in [0, 0.05) is 31.7 Å². The first-order valence-corrected chi connectivity index (χ1v) is 11.1. The molecule has 1 fully saturated rings. The van der Waals surface area contributed by atoms with Crippen molar-refractivity contribution < 1.29 is 13.2 Å². The number of anilines is 1. The molecule has 150 valence electrons. The number of sulfonamides is 1. The molecule has 0 saturated carbocycles. The van der Waals surface area contributed by atoms with Crippen molar-refractivity contribution in [2.45, 2.75) is 38.5 Å². The Bertz CT molecular complexity index is 960. The summed E-state index contributed by atoms with van der Waals surface area (Å²) in [6.45, 7) is 6.52. The molecular formula is C22H28N2O3S. The van der Waals surface area contributed by atoms with E-state index < -0.39 is 10.0 Å². The number of benzene rings is 2. The SMILES string of the molecule is Cc1ccc(N(C)C(=O)C2CCN(S(=O)(=O)c3ccc(C)cc3C)CC2)cc1. The Morgan fingerprint density at radius 3 is 2.11 bits per heavy atom. The topological polar surface area (TPSA) is 57.7 Å². The van der Waals surface area contributed by atoms with Crippen LogP contribution in [0.5, 0.6) is 0 Å². The first-order chi connectivity index (χ1) is 13.2. The third-order valence-electron chi connectivity index (χ3n) is 5.50. The molecule has 0 atom stereocenters. The third kappa shape index (κ3) is 4.13. The average Bonchev–Trinajstić information content (AvgIpc) is 2.67. The predicted molar refractivity (Wildman–Crippen MR) is 112 cm³/mol. The maximum absolute atomic E-state index is 13.0. The number of rotatable bonds is 4. The lowest BCUT2D eigenvalue weighted by Gasteiger charge is -2.33. The van der Waals surface area contributed by atoms with Crippen molar-refractivity contribution in [1.82, 2.24) is 4.31 Å². The van der Waals surface area contributed by atoms with E-state index >= 15 is 0 Å². The van der Waals surface area contributed by atoms with E-state index in [1.807, 2.05) is 57.2 Å². The highest BCUT2D eigenvalue weighted by Gasteiger charge is 2.34. The second kappa shape index (κ2) is 8.05. The van der Waals surface area contributed by atoms with E-state index in [4.69, 9.17) is 0 Å². The van der Waals surface area contributed by atoms with Gasteiger partial charge in [-0.3, -0.25) is 4.79 Å². The first-order valence-electron chi connectivity index (χ1n) is 9.62. The average molecular weight is 401 g/mol. The molecule has 2 aromatic rings. The first kappa shape index (κ1) is 20.6. The van der Waals surface area contributed by atoms with E-state index in [-0.39, 0.29) is 11.8 Å². The molecule has 1 heterocycles. The lowest BCUT2D eigenvalue weighted by atomic mass is 9.96. The molecule has 5 nitrogen and oxygen atoms in total. The van der Waals surface area contributed by atoms with Gasteiger partial charge in [-0.2, -0.15) is 4.31 Å². The minimum atomic E-state index is -3.53. The lowest BCUT2D eigenvalue weighted by molar-refractivity contribution is -0.123. The standard InChI is InChI=1S/C22H28N2O3S/c1-16-5-8-20(9-6-16)23(4)22(25)19-11-13-24(14-12-19)28(26,27)21-10-7-17(2)15-18(21)3/h5-10,15,19H,11-14H2,1-4H3. The van der Waals surface area contributed by atoms with Crippen LogP contribution in [0.3, 0.4) is 0 Å². The second-order valence-electron chi connectivity index (χ2n) is 7.68. The van der Waals surface area contributed by atoms with E-state index in [0.29, 0.717) is 30.8 Å². The Morgan fingerprint density at radius 2 is 1.54 bits per heavy atom. The van der Waals surface area contributed by atoms with Crippen LogP contribution in [0.1, 0.15) is 29.5 Å². The fourth-order valence-corrected chi connectivity index (χ4v) is 5.42. The largest absolute Gasteiger partial charge is 0.315 e. The van der Waals surface area contributed by atoms with Crippen LogP contribution in [0.4, 0.5) is 5.69 Å². The number of hydrogen-bond donors (Lipinski definition) is 0. The van der Waals surface area contributed by atoms with Crippen LogP contribution in [-0.2, 0) is 14.8 Å². The Balaban J connectivity index is 1.68. The van der Waals surface area contributed by atoms with Crippen LogP contribution >= 0.6 is 0 Å². The number of aryl methyl sites for hydroxylation is 3. The number of hydrogen-bond acceptors (Lipinski definition) is 3. The molecule has 0 bridgehead atoms. The number of carbonyl (C=O) groups excluding carboxylic acids is 1. The molecule has 1 aliphatic rings. The molecule has 28 heavy (non-hydrogen) atoms. The fourth-order valence-electron chi connectivity index (χ4n) is 3.74. The Hall–Kier alpha value is -2.18. The van der Waals surface area contributed by atoms with E-state index in [0.717, 1.165) is 22.4 Å². The van der Waals surface area contributed by atoms with Crippen LogP contribution in [-0.4, -0.2) is 38.8 Å². The van der Waals surface area contributed by atoms with Crippen molar-refractivity contribution in [2.75, 3.05) is 25.0 Å². The van der Waals surface area contributed by atoms with Crippen molar-refractivity contribution in [1.29, 1.82) is 0 Å². The van der Waals surface area contributed by atoms with Crippen molar-refractivity contribution >= 4 is 21.6 Å². The van der Waals surface area contributed by atoms with Crippen molar-refractivity contribution in [3.05, 3.63) is 59.2 Å². The Labute approximate surface area is 168 Å². The molecule has 0 spiro atoms. The van der Waals surface area contributed by atoms with Crippen LogP contribution in [0.2, 0.25) is 0 Å². The predicted octanol–water partition coefficient (Wildman–Crippen LogP) is 3.68. The van der Waals surface area contributed by atoms with E-state index in [9.17, 15) is 13.2 Å². The maximum atomic E-state index is 13.0. The molecule has 0 N–H and O–H groups in total. The summed E-state index contributed by atoms with van der Waals surface area (Å²) in [4.78, 5) is 14.9. The zero-order chi connectivity index (χ0) is 20.5. The summed E-state index contributed by atoms with van der Waals surface area (Å²) in [5.41, 5.74) is 3.81. The number of nitrogens with zero attached hydrogens (tertiary/aromatic N) is 2. The van der Waals surface area contributed by atoms with E-state index in [2.05, 4.69) is 0 Å². The van der Waals surface area contributed by atoms with Crippen LogP contribution in [0, 0.1) is 26.7 Å². The molecule has 1 amide bonds. The minimum Gasteiger partial charge on any atom is -0.315 e. The van der Waals surface area contributed by atoms with Gasteiger partial charge in [0.1, 0.15) is 0 Å². The van der Waals surface area contributed by atoms with E-state index in [1.54, 1.807) is 18.0 Å². The van der Waals surface area contributed by atoms with Crippen LogP contribution in [0.15, 0.2) is 47.4 Å². The van der Waals surface area contributed by atoms with Gasteiger partial charge in [-0.15, -0.1) is 0 Å². The quantitative estimate of drug-likeness (QED) is 0.787. The zero-order valence-electron chi connectivity index (χ0n) is 17.0. The molecule has 0 radical (unpaired) electrons. The van der Waals surface area contributed by atoms with Crippen molar-refractivity contribution in [3.8, 4) is 0 Å². The van der Waals surface area contributed by atoms with Crippen molar-refractivity contribution in [3.63, 3.8) is 0 Å². The highest BCUT2D eigenvalue weighted by Crippen LogP contribution is 2.28.